The van der Waals surface area contributed by atoms with Crippen molar-refractivity contribution in [2.45, 2.75) is 158 Å². The van der Waals surface area contributed by atoms with Crippen molar-refractivity contribution in [3.63, 3.8) is 0 Å². The third kappa shape index (κ3) is 13.1. The molecule has 8 bridgehead atoms. The Morgan fingerprint density at radius 3 is 0.577 bits per heavy atom. The summed E-state index contributed by atoms with van der Waals surface area (Å²) in [5.74, 6) is 6.07. The van der Waals surface area contributed by atoms with Crippen LogP contribution >= 0.6 is 0 Å². The van der Waals surface area contributed by atoms with Gasteiger partial charge in [0.15, 0.2) is 0 Å². The summed E-state index contributed by atoms with van der Waals surface area (Å²) in [6.45, 7) is 20.8. The molecule has 0 N–H and O–H groups in total. The van der Waals surface area contributed by atoms with Gasteiger partial charge in [-0.3, -0.25) is 0 Å². The number of fused-ring (bicyclic) bond motifs is 24. The van der Waals surface area contributed by atoms with Crippen LogP contribution in [0.1, 0.15) is 158 Å². The van der Waals surface area contributed by atoms with Gasteiger partial charge in [-0.1, -0.05) is 204 Å². The van der Waals surface area contributed by atoms with Gasteiger partial charge >= 0.3 is 16.5 Å². The van der Waals surface area contributed by atoms with E-state index in [0.717, 1.165) is 146 Å². The molecular formula is C80H88N8NiO8. The van der Waals surface area contributed by atoms with E-state index in [0.29, 0.717) is 189 Å². The molecule has 0 fully saturated rings. The monoisotopic (exact) mass is 1350 g/mol. The first-order valence-corrected chi connectivity index (χ1v) is 35.5. The van der Waals surface area contributed by atoms with Gasteiger partial charge in [-0.25, -0.2) is 9.97 Å². The van der Waals surface area contributed by atoms with Crippen molar-refractivity contribution < 1.29 is 54.4 Å². The molecule has 0 amide bonds. The molecule has 0 saturated carbocycles. The Morgan fingerprint density at radius 2 is 0.402 bits per heavy atom. The van der Waals surface area contributed by atoms with Gasteiger partial charge in [0.05, 0.1) is 98.4 Å². The summed E-state index contributed by atoms with van der Waals surface area (Å²) in [5, 5.41) is 9.25. The van der Waals surface area contributed by atoms with E-state index >= 15 is 0 Å². The van der Waals surface area contributed by atoms with Gasteiger partial charge in [-0.2, -0.15) is 0 Å². The zero-order valence-electron chi connectivity index (χ0n) is 57.4. The smallest absolute Gasteiger partial charge is 0.492 e. The summed E-state index contributed by atoms with van der Waals surface area (Å²) in [6.07, 6.45) is 13.8. The van der Waals surface area contributed by atoms with Crippen LogP contribution in [-0.2, 0) is 16.5 Å². The first kappa shape index (κ1) is 68.0. The average Bonchev–Trinajstić information content (AvgIpc) is 1.57. The predicted octanol–water partition coefficient (Wildman–Crippen LogP) is 20.2. The molecule has 0 saturated heterocycles. The van der Waals surface area contributed by atoms with Crippen molar-refractivity contribution in [3.05, 3.63) is 97.1 Å². The van der Waals surface area contributed by atoms with E-state index in [9.17, 15) is 0 Å². The maximum Gasteiger partial charge on any atom is 2.00 e. The van der Waals surface area contributed by atoms with Gasteiger partial charge in [0.25, 0.3) is 0 Å². The number of nitrogens with zero attached hydrogens (tertiary/aromatic N) is 8. The SMILES string of the molecule is CCCCOc1c2c(c(OCCCC)c3ccccc13)-c1nc-2nc2[n-]c(nc3nc(nc4[n-]c(n1)c1c(OCCCC)c5ccccc5c(OCCCC)c41)-c1c-3c(OCCCC)c3ccccc3c1OCCCC)c1c(OCCCC)c3ccccc3c(OCCCC)c21.[Ni+2]. The first-order valence-electron chi connectivity index (χ1n) is 35.5. The van der Waals surface area contributed by atoms with Gasteiger partial charge in [-0.05, 0) is 51.4 Å². The standard InChI is InChI=1S/C80H88N8O8.Ni/c1-9-17-41-89-65-49-33-25-26-34-50(49)66(90-42-18-10-2)58-57(65)73-81-74(58)86-76-61-62(70(94-46-22-14-6)54-38-30-29-37-53(54)69(61)93-45-21-13-5)78(83-76)88-80-64-63(71(95-47-23-15-7)55-39-31-32-40-56(55)72(64)96-48-24-16-8)79(84-80)87-77-60-59(75(82-77)85-73)67(91-43-19-11-3)51-35-27-28-36-52(51)68(60)92-44-20-12-4;/h25-40H,9-24,41-48H2,1-8H3;/q-2;+2. The number of ether oxygens (including phenoxy) is 8. The minimum absolute atomic E-state index is 0. The van der Waals surface area contributed by atoms with E-state index in [1.165, 1.54) is 0 Å². The second-order valence-electron chi connectivity index (χ2n) is 24.9. The largest absolute Gasteiger partial charge is 2.00 e. The molecule has 16 nitrogen and oxygen atoms in total. The van der Waals surface area contributed by atoms with Crippen LogP contribution in [-0.4, -0.2) is 82.8 Å². The molecule has 0 spiro atoms. The topological polar surface area (TPSA) is 179 Å². The van der Waals surface area contributed by atoms with Gasteiger partial charge in [-0.15, -0.1) is 0 Å². The van der Waals surface area contributed by atoms with Crippen LogP contribution in [0.5, 0.6) is 46.0 Å². The van der Waals surface area contributed by atoms with Crippen LogP contribution in [0.2, 0.25) is 0 Å². The minimum Gasteiger partial charge on any atom is -0.492 e. The minimum atomic E-state index is 0. The summed E-state index contributed by atoms with van der Waals surface area (Å²) in [4.78, 5) is 45.8. The van der Waals surface area contributed by atoms with E-state index in [2.05, 4.69) is 104 Å². The fourth-order valence-corrected chi connectivity index (χ4v) is 12.9. The molecule has 506 valence electrons. The van der Waals surface area contributed by atoms with Gasteiger partial charge in [0, 0.05) is 87.2 Å². The van der Waals surface area contributed by atoms with Gasteiger partial charge < -0.3 is 67.8 Å². The fraction of sp³-hybridized carbons (Fsp3) is 0.400. The Morgan fingerprint density at radius 1 is 0.237 bits per heavy atom. The third-order valence-electron chi connectivity index (χ3n) is 17.9. The second-order valence-corrected chi connectivity index (χ2v) is 24.9. The Kier molecular flexibility index (Phi) is 22.1. The van der Waals surface area contributed by atoms with E-state index in [-0.39, 0.29) is 16.5 Å². The first-order chi connectivity index (χ1) is 47.4. The number of benzene rings is 8. The fourth-order valence-electron chi connectivity index (χ4n) is 12.9. The van der Waals surface area contributed by atoms with Crippen molar-refractivity contribution in [2.75, 3.05) is 52.9 Å². The van der Waals surface area contributed by atoms with E-state index in [1.54, 1.807) is 0 Å². The molecule has 97 heavy (non-hydrogen) atoms. The molecule has 0 radical (unpaired) electrons. The summed E-state index contributed by atoms with van der Waals surface area (Å²) in [6, 6.07) is 33.0. The van der Waals surface area contributed by atoms with Crippen molar-refractivity contribution in [2.24, 2.45) is 0 Å². The maximum absolute atomic E-state index is 7.13. The molecule has 8 aromatic carbocycles. The van der Waals surface area contributed by atoms with Crippen molar-refractivity contribution in [1.29, 1.82) is 0 Å². The number of hydrogen-bond acceptors (Lipinski definition) is 14. The van der Waals surface area contributed by atoms with E-state index < -0.39 is 0 Å². The van der Waals surface area contributed by atoms with Crippen LogP contribution < -0.4 is 47.9 Å². The number of unbranched alkanes of at least 4 members (excludes halogenated alkanes) is 8. The van der Waals surface area contributed by atoms with Crippen LogP contribution in [0.3, 0.4) is 0 Å². The molecule has 5 heterocycles. The molecule has 0 aliphatic carbocycles. The molecule has 2 aliphatic rings. The molecular weight excluding hydrogens is 1260 g/mol. The molecule has 13 rings (SSSR count). The van der Waals surface area contributed by atoms with E-state index in [4.69, 9.17) is 77.8 Å². The maximum atomic E-state index is 7.13. The Balaban J connectivity index is 0.00000897. The molecule has 2 aliphatic heterocycles. The summed E-state index contributed by atoms with van der Waals surface area (Å²) in [7, 11) is 0. The zero-order valence-corrected chi connectivity index (χ0v) is 58.4. The van der Waals surface area contributed by atoms with Gasteiger partial charge in [0.1, 0.15) is 46.0 Å². The average molecular weight is 1350 g/mol. The van der Waals surface area contributed by atoms with Crippen LogP contribution in [0.4, 0.5) is 0 Å². The van der Waals surface area contributed by atoms with Crippen molar-refractivity contribution in [1.82, 2.24) is 39.9 Å². The number of hydrogen-bond donors (Lipinski definition) is 0. The zero-order chi connectivity index (χ0) is 66.1. The summed E-state index contributed by atoms with van der Waals surface area (Å²) in [5.41, 5.74) is 3.67. The summed E-state index contributed by atoms with van der Waals surface area (Å²) >= 11 is 0. The van der Waals surface area contributed by atoms with Crippen LogP contribution in [0, 0.1) is 0 Å². The van der Waals surface area contributed by atoms with Crippen LogP contribution in [0.15, 0.2) is 97.1 Å². The molecule has 0 atom stereocenters. The Hall–Kier alpha value is -8.95. The Labute approximate surface area is 577 Å². The summed E-state index contributed by atoms with van der Waals surface area (Å²) < 4.78 is 57.0. The molecule has 17 heteroatoms. The molecule has 3 aromatic heterocycles. The quantitative estimate of drug-likeness (QED) is 0.0287. The molecule has 0 unspecified atom stereocenters. The number of rotatable bonds is 32. The normalized spacial score (nSPS) is 11.8. The third-order valence-corrected chi connectivity index (χ3v) is 17.9. The van der Waals surface area contributed by atoms with Gasteiger partial charge in [0.2, 0.25) is 0 Å². The predicted molar refractivity (Wildman–Crippen MR) is 387 cm³/mol. The van der Waals surface area contributed by atoms with Crippen LogP contribution in [0.25, 0.3) is 133 Å². The Bertz CT molecular complexity index is 4250. The molecule has 11 aromatic rings. The van der Waals surface area contributed by atoms with Crippen molar-refractivity contribution >= 4 is 87.2 Å². The second kappa shape index (κ2) is 31.5. The number of aromatic nitrogens is 8. The van der Waals surface area contributed by atoms with E-state index in [1.807, 2.05) is 48.5 Å². The van der Waals surface area contributed by atoms with Crippen molar-refractivity contribution in [3.8, 4) is 91.5 Å².